The minimum Gasteiger partial charge on any atom is -0.306 e. The number of nitrogens with zero attached hydrogens (tertiary/aromatic N) is 2. The van der Waals surface area contributed by atoms with E-state index in [0.717, 1.165) is 5.56 Å². The summed E-state index contributed by atoms with van der Waals surface area (Å²) in [5.41, 5.74) is 1.66. The van der Waals surface area contributed by atoms with E-state index in [-0.39, 0.29) is 10.8 Å². The molecule has 0 radical (unpaired) electrons. The van der Waals surface area contributed by atoms with Crippen LogP contribution in [0.5, 0.6) is 0 Å². The monoisotopic (exact) mass is 378 g/mol. The van der Waals surface area contributed by atoms with Crippen LogP contribution in [0.4, 0.5) is 20.6 Å². The molecule has 1 aromatic heterocycles. The van der Waals surface area contributed by atoms with E-state index in [9.17, 15) is 9.18 Å². The Kier molecular flexibility index (Phi) is 5.21. The van der Waals surface area contributed by atoms with Crippen LogP contribution in [-0.4, -0.2) is 15.8 Å². The van der Waals surface area contributed by atoms with Crippen LogP contribution in [0.2, 0.25) is 10.0 Å². The van der Waals surface area contributed by atoms with E-state index in [2.05, 4.69) is 15.7 Å². The summed E-state index contributed by atoms with van der Waals surface area (Å²) in [6.45, 7) is 0.390. The molecular formula is C17H13Cl2FN4O. The highest BCUT2D eigenvalue weighted by atomic mass is 35.5. The second kappa shape index (κ2) is 7.55. The summed E-state index contributed by atoms with van der Waals surface area (Å²) >= 11 is 11.9. The third-order valence-corrected chi connectivity index (χ3v) is 4.14. The van der Waals surface area contributed by atoms with Gasteiger partial charge in [0.05, 0.1) is 34.2 Å². The maximum absolute atomic E-state index is 13.2. The predicted molar refractivity (Wildman–Crippen MR) is 96.8 cm³/mol. The normalized spacial score (nSPS) is 10.5. The van der Waals surface area contributed by atoms with Gasteiger partial charge in [-0.15, -0.1) is 0 Å². The first-order valence-electron chi connectivity index (χ1n) is 7.30. The molecule has 3 rings (SSSR count). The van der Waals surface area contributed by atoms with E-state index in [1.807, 2.05) is 0 Å². The molecule has 25 heavy (non-hydrogen) atoms. The molecule has 0 bridgehead atoms. The van der Waals surface area contributed by atoms with Crippen LogP contribution in [0.15, 0.2) is 54.9 Å². The molecule has 0 unspecified atom stereocenters. The summed E-state index contributed by atoms with van der Waals surface area (Å²) in [4.78, 5) is 12.0. The van der Waals surface area contributed by atoms with Gasteiger partial charge in [-0.25, -0.2) is 9.18 Å². The smallest absolute Gasteiger partial charge is 0.306 e. The van der Waals surface area contributed by atoms with E-state index in [0.29, 0.717) is 22.9 Å². The lowest BCUT2D eigenvalue weighted by Crippen LogP contribution is -2.19. The Hall–Kier alpha value is -2.57. The van der Waals surface area contributed by atoms with Gasteiger partial charge in [0.25, 0.3) is 0 Å². The van der Waals surface area contributed by atoms with Gasteiger partial charge in [-0.1, -0.05) is 41.4 Å². The molecule has 2 N–H and O–H groups in total. The number of carbonyl (C=O) groups is 1. The summed E-state index contributed by atoms with van der Waals surface area (Å²) in [7, 11) is 0. The van der Waals surface area contributed by atoms with Crippen LogP contribution in [0.1, 0.15) is 5.56 Å². The van der Waals surface area contributed by atoms with Gasteiger partial charge in [-0.05, 0) is 29.8 Å². The third kappa shape index (κ3) is 4.49. The zero-order chi connectivity index (χ0) is 17.8. The van der Waals surface area contributed by atoms with E-state index >= 15 is 0 Å². The number of amides is 2. The lowest BCUT2D eigenvalue weighted by molar-refractivity contribution is 0.262. The van der Waals surface area contributed by atoms with Crippen molar-refractivity contribution in [3.05, 3.63) is 76.3 Å². The molecule has 0 spiro atoms. The second-order valence-corrected chi connectivity index (χ2v) is 6.02. The molecule has 2 amide bonds. The first kappa shape index (κ1) is 17.3. The molecule has 0 aliphatic carbocycles. The van der Waals surface area contributed by atoms with Gasteiger partial charge < -0.3 is 10.6 Å². The summed E-state index contributed by atoms with van der Waals surface area (Å²) < 4.78 is 14.8. The van der Waals surface area contributed by atoms with Gasteiger partial charge in [-0.2, -0.15) is 5.10 Å². The molecule has 0 aliphatic heterocycles. The van der Waals surface area contributed by atoms with Crippen molar-refractivity contribution < 1.29 is 9.18 Å². The zero-order valence-electron chi connectivity index (χ0n) is 12.8. The Balaban J connectivity index is 1.63. The average molecular weight is 379 g/mol. The lowest BCUT2D eigenvalue weighted by atomic mass is 10.2. The molecule has 2 aromatic carbocycles. The zero-order valence-corrected chi connectivity index (χ0v) is 14.4. The molecule has 0 saturated carbocycles. The lowest BCUT2D eigenvalue weighted by Gasteiger charge is -2.08. The van der Waals surface area contributed by atoms with Crippen molar-refractivity contribution in [1.29, 1.82) is 0 Å². The van der Waals surface area contributed by atoms with Crippen molar-refractivity contribution in [2.75, 3.05) is 10.6 Å². The first-order chi connectivity index (χ1) is 12.0. The Morgan fingerprint density at radius 2 is 1.96 bits per heavy atom. The number of anilines is 2. The number of rotatable bonds is 4. The Labute approximate surface area is 153 Å². The number of aromatic nitrogens is 2. The van der Waals surface area contributed by atoms with Crippen LogP contribution in [0.25, 0.3) is 0 Å². The van der Waals surface area contributed by atoms with Crippen molar-refractivity contribution in [2.45, 2.75) is 6.54 Å². The molecule has 8 heteroatoms. The molecule has 0 aliphatic rings. The maximum Gasteiger partial charge on any atom is 0.323 e. The van der Waals surface area contributed by atoms with Gasteiger partial charge in [0.1, 0.15) is 5.82 Å². The van der Waals surface area contributed by atoms with Crippen molar-refractivity contribution in [2.24, 2.45) is 0 Å². The Morgan fingerprint density at radius 3 is 2.76 bits per heavy atom. The topological polar surface area (TPSA) is 59.0 Å². The number of hydrogen-bond acceptors (Lipinski definition) is 2. The summed E-state index contributed by atoms with van der Waals surface area (Å²) in [5, 5.41) is 10.0. The van der Waals surface area contributed by atoms with E-state index in [1.54, 1.807) is 41.2 Å². The fourth-order valence-electron chi connectivity index (χ4n) is 2.22. The number of benzene rings is 2. The van der Waals surface area contributed by atoms with Crippen LogP contribution < -0.4 is 10.6 Å². The fraction of sp³-hybridized carbons (Fsp3) is 0.0588. The van der Waals surface area contributed by atoms with E-state index in [4.69, 9.17) is 23.2 Å². The van der Waals surface area contributed by atoms with Gasteiger partial charge in [0, 0.05) is 6.20 Å². The van der Waals surface area contributed by atoms with E-state index in [1.165, 1.54) is 18.3 Å². The molecule has 0 fully saturated rings. The first-order valence-corrected chi connectivity index (χ1v) is 8.06. The van der Waals surface area contributed by atoms with Crippen molar-refractivity contribution >= 4 is 40.6 Å². The van der Waals surface area contributed by atoms with Crippen LogP contribution >= 0.6 is 23.2 Å². The summed E-state index contributed by atoms with van der Waals surface area (Å²) in [6.07, 6.45) is 3.14. The van der Waals surface area contributed by atoms with Crippen molar-refractivity contribution in [3.63, 3.8) is 0 Å². The van der Waals surface area contributed by atoms with Crippen molar-refractivity contribution in [1.82, 2.24) is 9.78 Å². The highest BCUT2D eigenvalue weighted by molar-refractivity contribution is 6.44. The quantitative estimate of drug-likeness (QED) is 0.669. The molecule has 1 heterocycles. The molecule has 0 saturated heterocycles. The number of carbonyl (C=O) groups excluding carboxylic acids is 1. The Bertz CT molecular complexity index is 913. The number of urea groups is 1. The number of hydrogen-bond donors (Lipinski definition) is 2. The molecule has 0 atom stereocenters. The minimum absolute atomic E-state index is 0.265. The van der Waals surface area contributed by atoms with Crippen molar-refractivity contribution in [3.8, 4) is 0 Å². The predicted octanol–water partition coefficient (Wildman–Crippen LogP) is 5.02. The summed E-state index contributed by atoms with van der Waals surface area (Å²) in [5.74, 6) is -0.305. The highest BCUT2D eigenvalue weighted by Crippen LogP contribution is 2.29. The number of nitrogens with one attached hydrogen (secondary N) is 2. The SMILES string of the molecule is O=C(Nc1cnn(Cc2cccc(F)c2)c1)Nc1cccc(Cl)c1Cl. The maximum atomic E-state index is 13.2. The second-order valence-electron chi connectivity index (χ2n) is 5.24. The van der Waals surface area contributed by atoms with Gasteiger partial charge >= 0.3 is 6.03 Å². The van der Waals surface area contributed by atoms with Crippen LogP contribution in [0, 0.1) is 5.82 Å². The van der Waals surface area contributed by atoms with Crippen LogP contribution in [-0.2, 0) is 6.54 Å². The van der Waals surface area contributed by atoms with E-state index < -0.39 is 6.03 Å². The van der Waals surface area contributed by atoms with Gasteiger partial charge in [-0.3, -0.25) is 4.68 Å². The molecule has 5 nitrogen and oxygen atoms in total. The average Bonchev–Trinajstić information content (AvgIpc) is 2.98. The third-order valence-electron chi connectivity index (χ3n) is 3.32. The fourth-order valence-corrected chi connectivity index (χ4v) is 2.57. The molecule has 128 valence electrons. The largest absolute Gasteiger partial charge is 0.323 e. The standard InChI is InChI=1S/C17H13Cl2FN4O/c18-14-5-2-6-15(16(14)19)23-17(25)22-13-8-21-24(10-13)9-11-3-1-4-12(20)7-11/h1-8,10H,9H2,(H2,22,23,25). The number of halogens is 3. The molecular weight excluding hydrogens is 366 g/mol. The minimum atomic E-state index is -0.477. The van der Waals surface area contributed by atoms with Crippen LogP contribution in [0.3, 0.4) is 0 Å². The molecule has 3 aromatic rings. The highest BCUT2D eigenvalue weighted by Gasteiger charge is 2.09. The van der Waals surface area contributed by atoms with Gasteiger partial charge in [0.15, 0.2) is 0 Å². The Morgan fingerprint density at radius 1 is 1.16 bits per heavy atom. The summed E-state index contributed by atoms with van der Waals surface area (Å²) in [6, 6.07) is 10.7. The van der Waals surface area contributed by atoms with Gasteiger partial charge in [0.2, 0.25) is 0 Å².